The van der Waals surface area contributed by atoms with Gasteiger partial charge in [0.15, 0.2) is 0 Å². The number of rotatable bonds is 7. The topological polar surface area (TPSA) is 3.24 Å². The van der Waals surface area contributed by atoms with E-state index in [-0.39, 0.29) is 0 Å². The Morgan fingerprint density at radius 2 is 1.50 bits per heavy atom. The van der Waals surface area contributed by atoms with Crippen LogP contribution in [0.2, 0.25) is 5.04 Å². The van der Waals surface area contributed by atoms with Crippen molar-refractivity contribution in [2.24, 2.45) is 5.92 Å². The summed E-state index contributed by atoms with van der Waals surface area (Å²) in [5.41, 5.74) is 0.400. The van der Waals surface area contributed by atoms with Crippen LogP contribution >= 0.6 is 0 Å². The first kappa shape index (κ1) is 16.2. The second kappa shape index (κ2) is 6.20. The van der Waals surface area contributed by atoms with Gasteiger partial charge in [0.1, 0.15) is 0 Å². The Kier molecular flexibility index (Phi) is 6.27. The predicted octanol–water partition coefficient (Wildman–Crippen LogP) is 3.09. The normalized spacial score (nSPS) is 17.1. The van der Waals surface area contributed by atoms with Gasteiger partial charge in [-0.25, -0.2) is 0 Å². The van der Waals surface area contributed by atoms with Crippen molar-refractivity contribution < 1.29 is 0 Å². The summed E-state index contributed by atoms with van der Waals surface area (Å²) < 4.78 is 0. The fraction of sp³-hybridized carbons (Fsp3) is 1.00. The van der Waals surface area contributed by atoms with Crippen molar-refractivity contribution in [3.8, 4) is 0 Å². The highest BCUT2D eigenvalue weighted by Crippen LogP contribution is 2.47. The summed E-state index contributed by atoms with van der Waals surface area (Å²) in [7, 11) is 1.26. The number of hydrogen-bond acceptors (Lipinski definition) is 1. The van der Waals surface area contributed by atoms with Gasteiger partial charge in [-0.05, 0) is 30.5 Å². The zero-order chi connectivity index (χ0) is 13.0. The first-order valence-corrected chi connectivity index (χ1v) is 8.02. The number of hydrogen-bond donors (Lipinski definition) is 0. The second-order valence-electron chi connectivity index (χ2n) is 6.25. The van der Waals surface area contributed by atoms with Crippen molar-refractivity contribution in [3.63, 3.8) is 0 Å². The average Bonchev–Trinajstić information content (AvgIpc) is 2.15. The van der Waals surface area contributed by atoms with Crippen molar-refractivity contribution in [1.29, 1.82) is 0 Å². The third kappa shape index (κ3) is 2.89. The van der Waals surface area contributed by atoms with Crippen molar-refractivity contribution in [3.05, 3.63) is 0 Å². The quantitative estimate of drug-likeness (QED) is 0.621. The van der Waals surface area contributed by atoms with E-state index in [4.69, 9.17) is 0 Å². The molecule has 0 bridgehead atoms. The van der Waals surface area contributed by atoms with Gasteiger partial charge in [0, 0.05) is 15.8 Å². The lowest BCUT2D eigenvalue weighted by Crippen LogP contribution is -2.58. The molecule has 0 aliphatic rings. The van der Waals surface area contributed by atoms with Gasteiger partial charge in [-0.15, -0.1) is 0 Å². The van der Waals surface area contributed by atoms with E-state index in [0.717, 1.165) is 5.92 Å². The Labute approximate surface area is 106 Å². The smallest absolute Gasteiger partial charge is 0.0250 e. The second-order valence-corrected chi connectivity index (χ2v) is 8.75. The molecule has 0 rings (SSSR count). The van der Waals surface area contributed by atoms with Crippen molar-refractivity contribution >= 4 is 10.2 Å². The summed E-state index contributed by atoms with van der Waals surface area (Å²) >= 11 is 0. The van der Waals surface area contributed by atoms with Crippen LogP contribution in [0.5, 0.6) is 0 Å². The lowest BCUT2D eigenvalue weighted by atomic mass is 9.71. The summed E-state index contributed by atoms with van der Waals surface area (Å²) in [4.78, 5) is 2.72. The summed E-state index contributed by atoms with van der Waals surface area (Å²) in [6.07, 6.45) is 2.63. The first-order chi connectivity index (χ1) is 7.27. The van der Waals surface area contributed by atoms with Gasteiger partial charge in [-0.1, -0.05) is 54.9 Å². The van der Waals surface area contributed by atoms with E-state index in [1.54, 1.807) is 0 Å². The molecule has 0 aromatic carbocycles. The van der Waals surface area contributed by atoms with Crippen LogP contribution < -0.4 is 0 Å². The van der Waals surface area contributed by atoms with Gasteiger partial charge in [0.05, 0.1) is 0 Å². The van der Waals surface area contributed by atoms with Gasteiger partial charge in [0.2, 0.25) is 0 Å². The van der Waals surface area contributed by atoms with Crippen LogP contribution in [0.1, 0.15) is 61.3 Å². The largest absolute Gasteiger partial charge is 0.298 e. The third-order valence-electron chi connectivity index (χ3n) is 4.21. The summed E-state index contributed by atoms with van der Waals surface area (Å²) in [5.74, 6) is 0.736. The fourth-order valence-electron chi connectivity index (χ4n) is 3.70. The zero-order valence-electron chi connectivity index (χ0n) is 12.9. The molecular formula is C14H33NSi. The molecule has 1 unspecified atom stereocenters. The SMILES string of the molecule is CCCC(C(C)C)(N(CC)CC)C(C)(C)[SiH3]. The van der Waals surface area contributed by atoms with Gasteiger partial charge < -0.3 is 0 Å². The fourth-order valence-corrected chi connectivity index (χ4v) is 4.84. The molecule has 0 amide bonds. The molecule has 0 N–H and O–H groups in total. The van der Waals surface area contributed by atoms with E-state index in [9.17, 15) is 0 Å². The molecule has 2 heteroatoms. The molecule has 1 atom stereocenters. The molecule has 98 valence electrons. The van der Waals surface area contributed by atoms with E-state index in [2.05, 4.69) is 53.4 Å². The molecule has 0 aromatic rings. The Balaban J connectivity index is 5.41. The highest BCUT2D eigenvalue weighted by atomic mass is 28.1. The van der Waals surface area contributed by atoms with Crippen molar-refractivity contribution in [2.75, 3.05) is 13.1 Å². The maximum atomic E-state index is 2.72. The molecule has 0 fully saturated rings. The van der Waals surface area contributed by atoms with Crippen molar-refractivity contribution in [2.45, 2.75) is 71.9 Å². The highest BCUT2D eigenvalue weighted by molar-refractivity contribution is 6.15. The Morgan fingerprint density at radius 3 is 1.69 bits per heavy atom. The average molecular weight is 244 g/mol. The minimum Gasteiger partial charge on any atom is -0.298 e. The molecule has 0 saturated carbocycles. The first-order valence-electron chi connectivity index (χ1n) is 7.02. The maximum absolute atomic E-state index is 2.72. The van der Waals surface area contributed by atoms with Gasteiger partial charge >= 0.3 is 0 Å². The molecular weight excluding hydrogens is 210 g/mol. The Morgan fingerprint density at radius 1 is 1.06 bits per heavy atom. The lowest BCUT2D eigenvalue weighted by Gasteiger charge is -2.55. The molecule has 0 aliphatic carbocycles. The van der Waals surface area contributed by atoms with E-state index >= 15 is 0 Å². The van der Waals surface area contributed by atoms with Crippen LogP contribution in [0.3, 0.4) is 0 Å². The molecule has 0 aromatic heterocycles. The van der Waals surface area contributed by atoms with E-state index in [1.807, 2.05) is 0 Å². The molecule has 0 radical (unpaired) electrons. The van der Waals surface area contributed by atoms with Gasteiger partial charge in [-0.3, -0.25) is 4.90 Å². The minimum atomic E-state index is 0.400. The van der Waals surface area contributed by atoms with Crippen LogP contribution in [0.25, 0.3) is 0 Å². The molecule has 1 nitrogen and oxygen atoms in total. The van der Waals surface area contributed by atoms with E-state index in [1.165, 1.54) is 36.2 Å². The highest BCUT2D eigenvalue weighted by Gasteiger charge is 2.46. The van der Waals surface area contributed by atoms with E-state index in [0.29, 0.717) is 10.6 Å². The number of nitrogens with zero attached hydrogens (tertiary/aromatic N) is 1. The zero-order valence-corrected chi connectivity index (χ0v) is 14.9. The molecule has 0 spiro atoms. The van der Waals surface area contributed by atoms with E-state index < -0.39 is 0 Å². The Hall–Kier alpha value is 0.177. The summed E-state index contributed by atoms with van der Waals surface area (Å²) in [5, 5.41) is 0.475. The molecule has 0 heterocycles. The Bertz CT molecular complexity index is 191. The van der Waals surface area contributed by atoms with Crippen LogP contribution in [-0.2, 0) is 0 Å². The standard InChI is InChI=1S/C14H33NSi/c1-8-11-14(12(4)5,13(6,7)16)15(9-2)10-3/h12H,8-11H2,1-7,16H3. The molecule has 0 aliphatic heterocycles. The van der Waals surface area contributed by atoms with Crippen LogP contribution in [0.4, 0.5) is 0 Å². The lowest BCUT2D eigenvalue weighted by molar-refractivity contribution is 0.0104. The maximum Gasteiger partial charge on any atom is 0.0250 e. The van der Waals surface area contributed by atoms with Crippen LogP contribution in [0, 0.1) is 5.92 Å². The monoisotopic (exact) mass is 243 g/mol. The van der Waals surface area contributed by atoms with Crippen molar-refractivity contribution in [1.82, 2.24) is 4.90 Å². The third-order valence-corrected chi connectivity index (χ3v) is 5.08. The summed E-state index contributed by atoms with van der Waals surface area (Å²) in [6, 6.07) is 0. The van der Waals surface area contributed by atoms with Gasteiger partial charge in [-0.2, -0.15) is 0 Å². The van der Waals surface area contributed by atoms with Crippen LogP contribution in [-0.4, -0.2) is 33.8 Å². The summed E-state index contributed by atoms with van der Waals surface area (Å²) in [6.45, 7) is 19.1. The van der Waals surface area contributed by atoms with Gasteiger partial charge in [0.25, 0.3) is 0 Å². The predicted molar refractivity (Wildman–Crippen MR) is 79.4 cm³/mol. The van der Waals surface area contributed by atoms with Crippen LogP contribution in [0.15, 0.2) is 0 Å². The molecule has 16 heavy (non-hydrogen) atoms. The minimum absolute atomic E-state index is 0.400. The molecule has 0 saturated heterocycles.